The number of carbonyl (C=O) groups excluding carboxylic acids is 2. The lowest BCUT2D eigenvalue weighted by Gasteiger charge is -2.36. The quantitative estimate of drug-likeness (QED) is 0.816. The lowest BCUT2D eigenvalue weighted by molar-refractivity contribution is -0.140. The van der Waals surface area contributed by atoms with Crippen molar-refractivity contribution in [3.05, 3.63) is 23.8 Å². The van der Waals surface area contributed by atoms with Crippen LogP contribution in [0.25, 0.3) is 0 Å². The van der Waals surface area contributed by atoms with Crippen LogP contribution in [0.1, 0.15) is 39.2 Å². The molecule has 2 aliphatic rings. The largest absolute Gasteiger partial charge is 0.490 e. The van der Waals surface area contributed by atoms with E-state index in [9.17, 15) is 9.59 Å². The normalized spacial score (nSPS) is 17.4. The fraction of sp³-hybridized carbons (Fsp3) is 0.619. The van der Waals surface area contributed by atoms with E-state index < -0.39 is 0 Å². The van der Waals surface area contributed by atoms with Gasteiger partial charge in [-0.05, 0) is 23.1 Å². The van der Waals surface area contributed by atoms with Crippen LogP contribution in [-0.2, 0) is 16.0 Å². The average molecular weight is 374 g/mol. The van der Waals surface area contributed by atoms with Crippen LogP contribution in [0.2, 0.25) is 0 Å². The molecule has 2 amide bonds. The molecular weight excluding hydrogens is 344 g/mol. The van der Waals surface area contributed by atoms with E-state index >= 15 is 0 Å². The maximum Gasteiger partial charge on any atom is 0.227 e. The Balaban J connectivity index is 1.53. The maximum absolute atomic E-state index is 12.7. The number of rotatable bonds is 3. The molecule has 0 aliphatic carbocycles. The Bertz CT molecular complexity index is 688. The second-order valence-electron chi connectivity index (χ2n) is 8.51. The van der Waals surface area contributed by atoms with E-state index in [-0.39, 0.29) is 17.2 Å². The van der Waals surface area contributed by atoms with E-state index in [1.54, 1.807) is 0 Å². The Morgan fingerprint density at radius 1 is 0.926 bits per heavy atom. The first-order valence-corrected chi connectivity index (χ1v) is 9.76. The summed E-state index contributed by atoms with van der Waals surface area (Å²) in [7, 11) is 0. The molecule has 0 spiro atoms. The standard InChI is InChI=1S/C21H30N2O4/c1-21(2,3)15-20(25)23-9-7-22(8-10-23)19(24)14-16-5-6-17-18(13-16)27-12-4-11-26-17/h5-6,13H,4,7-12,14-15H2,1-3H3. The van der Waals surface area contributed by atoms with Gasteiger partial charge in [-0.2, -0.15) is 0 Å². The van der Waals surface area contributed by atoms with Gasteiger partial charge in [-0.15, -0.1) is 0 Å². The van der Waals surface area contributed by atoms with Gasteiger partial charge in [0.15, 0.2) is 11.5 Å². The fourth-order valence-corrected chi connectivity index (χ4v) is 3.37. The van der Waals surface area contributed by atoms with Crippen LogP contribution in [0.4, 0.5) is 0 Å². The van der Waals surface area contributed by atoms with Gasteiger partial charge in [0.2, 0.25) is 11.8 Å². The molecule has 0 atom stereocenters. The zero-order valence-corrected chi connectivity index (χ0v) is 16.6. The predicted octanol–water partition coefficient (Wildman–Crippen LogP) is 2.50. The molecule has 0 bridgehead atoms. The van der Waals surface area contributed by atoms with Crippen molar-refractivity contribution in [2.24, 2.45) is 5.41 Å². The number of hydrogen-bond donors (Lipinski definition) is 0. The van der Waals surface area contributed by atoms with Crippen molar-refractivity contribution < 1.29 is 19.1 Å². The minimum absolute atomic E-state index is 0.0127. The Morgan fingerprint density at radius 3 is 2.15 bits per heavy atom. The highest BCUT2D eigenvalue weighted by atomic mass is 16.5. The third-order valence-electron chi connectivity index (χ3n) is 4.83. The summed E-state index contributed by atoms with van der Waals surface area (Å²) in [6, 6.07) is 5.71. The Labute approximate surface area is 161 Å². The smallest absolute Gasteiger partial charge is 0.227 e. The second-order valence-corrected chi connectivity index (χ2v) is 8.51. The highest BCUT2D eigenvalue weighted by molar-refractivity contribution is 5.80. The van der Waals surface area contributed by atoms with Crippen molar-refractivity contribution in [2.45, 2.75) is 40.0 Å². The molecule has 1 aromatic rings. The van der Waals surface area contributed by atoms with Gasteiger partial charge in [-0.25, -0.2) is 0 Å². The molecule has 0 aromatic heterocycles. The SMILES string of the molecule is CC(C)(C)CC(=O)N1CCN(C(=O)Cc2ccc3c(c2)OCCCO3)CC1. The van der Waals surface area contributed by atoms with Crippen molar-refractivity contribution in [3.8, 4) is 11.5 Å². The first kappa shape index (κ1) is 19.5. The number of nitrogens with zero attached hydrogens (tertiary/aromatic N) is 2. The van der Waals surface area contributed by atoms with Crippen molar-refractivity contribution in [1.82, 2.24) is 9.80 Å². The molecule has 0 N–H and O–H groups in total. The highest BCUT2D eigenvalue weighted by Crippen LogP contribution is 2.30. The molecular formula is C21H30N2O4. The Hall–Kier alpha value is -2.24. The van der Waals surface area contributed by atoms with E-state index in [2.05, 4.69) is 20.8 Å². The van der Waals surface area contributed by atoms with Crippen LogP contribution < -0.4 is 9.47 Å². The molecule has 3 rings (SSSR count). The molecule has 148 valence electrons. The monoisotopic (exact) mass is 374 g/mol. The molecule has 1 saturated heterocycles. The number of ether oxygens (including phenoxy) is 2. The number of amides is 2. The number of fused-ring (bicyclic) bond motifs is 1. The average Bonchev–Trinajstić information content (AvgIpc) is 2.85. The zero-order valence-electron chi connectivity index (χ0n) is 16.6. The van der Waals surface area contributed by atoms with Gasteiger partial charge < -0.3 is 19.3 Å². The predicted molar refractivity (Wildman–Crippen MR) is 103 cm³/mol. The van der Waals surface area contributed by atoms with E-state index in [1.165, 1.54) is 0 Å². The lowest BCUT2D eigenvalue weighted by atomic mass is 9.91. The summed E-state index contributed by atoms with van der Waals surface area (Å²) in [6.45, 7) is 9.92. The van der Waals surface area contributed by atoms with Crippen LogP contribution in [0, 0.1) is 5.41 Å². The summed E-state index contributed by atoms with van der Waals surface area (Å²) in [5.41, 5.74) is 0.914. The molecule has 0 saturated carbocycles. The highest BCUT2D eigenvalue weighted by Gasteiger charge is 2.26. The van der Waals surface area contributed by atoms with Crippen LogP contribution in [-0.4, -0.2) is 61.0 Å². The molecule has 27 heavy (non-hydrogen) atoms. The molecule has 2 aliphatic heterocycles. The Kier molecular flexibility index (Phi) is 5.92. The van der Waals surface area contributed by atoms with Crippen LogP contribution >= 0.6 is 0 Å². The topological polar surface area (TPSA) is 59.1 Å². The van der Waals surface area contributed by atoms with Crippen molar-refractivity contribution in [2.75, 3.05) is 39.4 Å². The van der Waals surface area contributed by atoms with Gasteiger partial charge in [0, 0.05) is 39.0 Å². The van der Waals surface area contributed by atoms with Gasteiger partial charge >= 0.3 is 0 Å². The molecule has 0 radical (unpaired) electrons. The van der Waals surface area contributed by atoms with Gasteiger partial charge in [0.05, 0.1) is 19.6 Å². The summed E-state index contributed by atoms with van der Waals surface area (Å²) in [4.78, 5) is 28.7. The van der Waals surface area contributed by atoms with Crippen LogP contribution in [0.5, 0.6) is 11.5 Å². The molecule has 6 heteroatoms. The van der Waals surface area contributed by atoms with Crippen LogP contribution in [0.3, 0.4) is 0 Å². The first-order chi connectivity index (χ1) is 12.8. The second kappa shape index (κ2) is 8.19. The summed E-state index contributed by atoms with van der Waals surface area (Å²) < 4.78 is 11.3. The van der Waals surface area contributed by atoms with Gasteiger partial charge in [0.25, 0.3) is 0 Å². The summed E-state index contributed by atoms with van der Waals surface area (Å²) >= 11 is 0. The van der Waals surface area contributed by atoms with E-state index in [0.717, 1.165) is 23.5 Å². The molecule has 1 fully saturated rings. The first-order valence-electron chi connectivity index (χ1n) is 9.76. The number of benzene rings is 1. The third kappa shape index (κ3) is 5.37. The van der Waals surface area contributed by atoms with Crippen molar-refractivity contribution in [1.29, 1.82) is 0 Å². The zero-order chi connectivity index (χ0) is 19.4. The summed E-state index contributed by atoms with van der Waals surface area (Å²) in [6.07, 6.45) is 1.74. The summed E-state index contributed by atoms with van der Waals surface area (Å²) in [5.74, 6) is 1.73. The van der Waals surface area contributed by atoms with E-state index in [4.69, 9.17) is 9.47 Å². The molecule has 6 nitrogen and oxygen atoms in total. The van der Waals surface area contributed by atoms with E-state index in [0.29, 0.717) is 52.2 Å². The summed E-state index contributed by atoms with van der Waals surface area (Å²) in [5, 5.41) is 0. The molecule has 2 heterocycles. The molecule has 1 aromatic carbocycles. The number of hydrogen-bond acceptors (Lipinski definition) is 4. The van der Waals surface area contributed by atoms with Gasteiger partial charge in [-0.3, -0.25) is 9.59 Å². The lowest BCUT2D eigenvalue weighted by Crippen LogP contribution is -2.51. The Morgan fingerprint density at radius 2 is 1.52 bits per heavy atom. The van der Waals surface area contributed by atoms with Gasteiger partial charge in [0.1, 0.15) is 0 Å². The minimum Gasteiger partial charge on any atom is -0.490 e. The van der Waals surface area contributed by atoms with Crippen molar-refractivity contribution in [3.63, 3.8) is 0 Å². The van der Waals surface area contributed by atoms with Crippen molar-refractivity contribution >= 4 is 11.8 Å². The number of carbonyl (C=O) groups is 2. The molecule has 0 unspecified atom stereocenters. The number of piperazine rings is 1. The minimum atomic E-state index is -0.0127. The van der Waals surface area contributed by atoms with Crippen LogP contribution in [0.15, 0.2) is 18.2 Å². The third-order valence-corrected chi connectivity index (χ3v) is 4.83. The fourth-order valence-electron chi connectivity index (χ4n) is 3.37. The van der Waals surface area contributed by atoms with E-state index in [1.807, 2.05) is 28.0 Å². The van der Waals surface area contributed by atoms with Gasteiger partial charge in [-0.1, -0.05) is 26.8 Å². The maximum atomic E-state index is 12.7.